The Balaban J connectivity index is 1.91. The molecule has 1 aromatic rings. The van der Waals surface area contributed by atoms with E-state index < -0.39 is 5.60 Å². The van der Waals surface area contributed by atoms with Crippen molar-refractivity contribution in [3.63, 3.8) is 0 Å². The van der Waals surface area contributed by atoms with Crippen LogP contribution in [0, 0.1) is 0 Å². The van der Waals surface area contributed by atoms with Crippen molar-refractivity contribution in [1.82, 2.24) is 4.90 Å². The lowest BCUT2D eigenvalue weighted by Gasteiger charge is -2.47. The van der Waals surface area contributed by atoms with Crippen LogP contribution in [0.3, 0.4) is 0 Å². The van der Waals surface area contributed by atoms with E-state index in [1.165, 1.54) is 23.3 Å². The average Bonchev–Trinajstić information content (AvgIpc) is 2.47. The normalized spacial score (nSPS) is 26.6. The summed E-state index contributed by atoms with van der Waals surface area (Å²) in [4.78, 5) is 2.44. The van der Waals surface area contributed by atoms with Crippen molar-refractivity contribution in [2.45, 2.75) is 57.6 Å². The number of fused-ring (bicyclic) bond motifs is 1. The molecule has 20 heavy (non-hydrogen) atoms. The molecule has 108 valence electrons. The zero-order chi connectivity index (χ0) is 14.0. The predicted octanol–water partition coefficient (Wildman–Crippen LogP) is 3.86. The molecule has 1 heterocycles. The molecule has 0 saturated carbocycles. The molecule has 1 aliphatic carbocycles. The molecule has 1 fully saturated rings. The molecule has 2 aliphatic rings. The maximum absolute atomic E-state index is 11.0. The topological polar surface area (TPSA) is 23.5 Å². The molecule has 0 amide bonds. The van der Waals surface area contributed by atoms with Gasteiger partial charge in [0, 0.05) is 18.8 Å². The van der Waals surface area contributed by atoms with E-state index in [9.17, 15) is 5.11 Å². The Morgan fingerprint density at radius 2 is 1.90 bits per heavy atom. The minimum atomic E-state index is -0.545. The maximum Gasteiger partial charge on any atom is 0.104 e. The third kappa shape index (κ3) is 2.49. The van der Waals surface area contributed by atoms with Crippen LogP contribution in [0.4, 0.5) is 0 Å². The Hall–Kier alpha value is -1.28. The highest BCUT2D eigenvalue weighted by Gasteiger charge is 2.41. The molecule has 0 radical (unpaired) electrons. The number of aliphatic hydroxyl groups is 1. The SMILES string of the molecule is CCC1=C2N(Cc3ccccc3)CCCC2(O)CCC1. The molecule has 3 rings (SSSR count). The summed E-state index contributed by atoms with van der Waals surface area (Å²) in [7, 11) is 0. The molecule has 1 aliphatic heterocycles. The van der Waals surface area contributed by atoms with E-state index in [-0.39, 0.29) is 0 Å². The van der Waals surface area contributed by atoms with Crippen LogP contribution in [0.25, 0.3) is 0 Å². The second kappa shape index (κ2) is 5.61. The van der Waals surface area contributed by atoms with Crippen LogP contribution in [0.1, 0.15) is 51.0 Å². The molecule has 1 N–H and O–H groups in total. The minimum absolute atomic E-state index is 0.545. The van der Waals surface area contributed by atoms with Crippen LogP contribution < -0.4 is 0 Å². The molecule has 1 atom stereocenters. The van der Waals surface area contributed by atoms with Gasteiger partial charge in [-0.2, -0.15) is 0 Å². The van der Waals surface area contributed by atoms with Gasteiger partial charge in [0.05, 0.1) is 0 Å². The molecule has 0 bridgehead atoms. The number of benzene rings is 1. The first-order valence-electron chi connectivity index (χ1n) is 7.97. The standard InChI is InChI=1S/C18H25NO/c1-2-16-10-6-11-18(20)12-7-13-19(17(16)18)14-15-8-4-3-5-9-15/h3-5,8-9,20H,2,6-7,10-14H2,1H3. The van der Waals surface area contributed by atoms with Crippen molar-refractivity contribution >= 4 is 0 Å². The number of hydrogen-bond donors (Lipinski definition) is 1. The first-order valence-corrected chi connectivity index (χ1v) is 7.97. The molecular weight excluding hydrogens is 246 g/mol. The van der Waals surface area contributed by atoms with Crippen molar-refractivity contribution < 1.29 is 5.11 Å². The first-order chi connectivity index (χ1) is 9.73. The summed E-state index contributed by atoms with van der Waals surface area (Å²) >= 11 is 0. The van der Waals surface area contributed by atoms with Crippen molar-refractivity contribution in [2.75, 3.05) is 6.54 Å². The Labute approximate surface area is 122 Å². The van der Waals surface area contributed by atoms with Gasteiger partial charge in [-0.05, 0) is 49.7 Å². The largest absolute Gasteiger partial charge is 0.384 e. The van der Waals surface area contributed by atoms with Crippen LogP contribution in [-0.2, 0) is 6.54 Å². The summed E-state index contributed by atoms with van der Waals surface area (Å²) in [5.41, 5.74) is 3.54. The number of nitrogens with zero attached hydrogens (tertiary/aromatic N) is 1. The summed E-state index contributed by atoms with van der Waals surface area (Å²) in [6.45, 7) is 4.24. The molecule has 1 unspecified atom stereocenters. The Morgan fingerprint density at radius 1 is 1.15 bits per heavy atom. The van der Waals surface area contributed by atoms with Crippen LogP contribution in [0.5, 0.6) is 0 Å². The summed E-state index contributed by atoms with van der Waals surface area (Å²) in [5.74, 6) is 0. The molecule has 1 saturated heterocycles. The van der Waals surface area contributed by atoms with E-state index in [2.05, 4.69) is 42.2 Å². The summed E-state index contributed by atoms with van der Waals surface area (Å²) in [6, 6.07) is 10.6. The third-order valence-corrected chi connectivity index (χ3v) is 4.82. The van der Waals surface area contributed by atoms with Gasteiger partial charge in [-0.1, -0.05) is 37.3 Å². The minimum Gasteiger partial charge on any atom is -0.384 e. The Morgan fingerprint density at radius 3 is 2.65 bits per heavy atom. The molecule has 0 spiro atoms. The molecule has 1 aromatic carbocycles. The van der Waals surface area contributed by atoms with Gasteiger partial charge >= 0.3 is 0 Å². The van der Waals surface area contributed by atoms with Crippen LogP contribution in [0.15, 0.2) is 41.6 Å². The fraction of sp³-hybridized carbons (Fsp3) is 0.556. The zero-order valence-electron chi connectivity index (χ0n) is 12.4. The summed E-state index contributed by atoms with van der Waals surface area (Å²) in [5, 5.41) is 11.0. The van der Waals surface area contributed by atoms with Gasteiger partial charge in [0.1, 0.15) is 5.60 Å². The van der Waals surface area contributed by atoms with E-state index in [1.54, 1.807) is 0 Å². The van der Waals surface area contributed by atoms with Crippen LogP contribution in [-0.4, -0.2) is 22.2 Å². The van der Waals surface area contributed by atoms with Gasteiger partial charge in [0.25, 0.3) is 0 Å². The number of rotatable bonds is 3. The van der Waals surface area contributed by atoms with Crippen LogP contribution in [0.2, 0.25) is 0 Å². The molecule has 2 nitrogen and oxygen atoms in total. The fourth-order valence-electron chi connectivity index (χ4n) is 3.90. The van der Waals surface area contributed by atoms with Crippen molar-refractivity contribution in [2.24, 2.45) is 0 Å². The lowest BCUT2D eigenvalue weighted by atomic mass is 9.76. The van der Waals surface area contributed by atoms with Gasteiger partial charge in [0.15, 0.2) is 0 Å². The van der Waals surface area contributed by atoms with Crippen LogP contribution >= 0.6 is 0 Å². The summed E-state index contributed by atoms with van der Waals surface area (Å²) in [6.07, 6.45) is 6.36. The number of piperidine rings is 1. The van der Waals surface area contributed by atoms with Gasteiger partial charge in [-0.25, -0.2) is 0 Å². The van der Waals surface area contributed by atoms with Crippen molar-refractivity contribution in [3.8, 4) is 0 Å². The van der Waals surface area contributed by atoms with E-state index in [0.29, 0.717) is 0 Å². The highest BCUT2D eigenvalue weighted by atomic mass is 16.3. The van der Waals surface area contributed by atoms with E-state index >= 15 is 0 Å². The Bertz CT molecular complexity index is 493. The monoisotopic (exact) mass is 271 g/mol. The lowest BCUT2D eigenvalue weighted by Crippen LogP contribution is -2.47. The van der Waals surface area contributed by atoms with E-state index in [4.69, 9.17) is 0 Å². The highest BCUT2D eigenvalue weighted by molar-refractivity contribution is 5.29. The Kier molecular flexibility index (Phi) is 3.84. The second-order valence-corrected chi connectivity index (χ2v) is 6.20. The molecular formula is C18H25NO. The quantitative estimate of drug-likeness (QED) is 0.902. The second-order valence-electron chi connectivity index (χ2n) is 6.20. The number of likely N-dealkylation sites (tertiary alicyclic amines) is 1. The van der Waals surface area contributed by atoms with Crippen molar-refractivity contribution in [3.05, 3.63) is 47.2 Å². The first kappa shape index (κ1) is 13.7. The summed E-state index contributed by atoms with van der Waals surface area (Å²) < 4.78 is 0. The maximum atomic E-state index is 11.0. The highest BCUT2D eigenvalue weighted by Crippen LogP contribution is 2.43. The lowest BCUT2D eigenvalue weighted by molar-refractivity contribution is -0.00615. The van der Waals surface area contributed by atoms with Gasteiger partial charge in [-0.3, -0.25) is 0 Å². The number of allylic oxidation sites excluding steroid dienone is 1. The van der Waals surface area contributed by atoms with E-state index in [1.807, 2.05) is 0 Å². The van der Waals surface area contributed by atoms with Gasteiger partial charge < -0.3 is 10.0 Å². The third-order valence-electron chi connectivity index (χ3n) is 4.82. The van der Waals surface area contributed by atoms with E-state index in [0.717, 1.165) is 45.2 Å². The fourth-order valence-corrected chi connectivity index (χ4v) is 3.90. The molecule has 2 heteroatoms. The number of hydrogen-bond acceptors (Lipinski definition) is 2. The zero-order valence-corrected chi connectivity index (χ0v) is 12.4. The predicted molar refractivity (Wildman–Crippen MR) is 82.2 cm³/mol. The van der Waals surface area contributed by atoms with Gasteiger partial charge in [0.2, 0.25) is 0 Å². The smallest absolute Gasteiger partial charge is 0.104 e. The average molecular weight is 271 g/mol. The molecule has 0 aromatic heterocycles. The van der Waals surface area contributed by atoms with Gasteiger partial charge in [-0.15, -0.1) is 0 Å². The van der Waals surface area contributed by atoms with Crippen molar-refractivity contribution in [1.29, 1.82) is 0 Å².